The van der Waals surface area contributed by atoms with Crippen molar-refractivity contribution in [2.75, 3.05) is 6.61 Å². The van der Waals surface area contributed by atoms with Crippen LogP contribution in [0.5, 0.6) is 0 Å². The molecular weight excluding hydrogens is 245 g/mol. The summed E-state index contributed by atoms with van der Waals surface area (Å²) in [4.78, 5) is 12.1. The largest absolute Gasteiger partial charge is 0.396 e. The van der Waals surface area contributed by atoms with Crippen molar-refractivity contribution in [3.8, 4) is 0 Å². The minimum atomic E-state index is -0.497. The molecule has 3 rings (SSSR count). The third kappa shape index (κ3) is 2.14. The molecule has 0 radical (unpaired) electrons. The number of carbonyl (C=O) groups is 1. The highest BCUT2D eigenvalue weighted by molar-refractivity contribution is 5.94. The molecule has 2 fully saturated rings. The van der Waals surface area contributed by atoms with Gasteiger partial charge in [-0.3, -0.25) is 4.79 Å². The Morgan fingerprint density at radius 2 is 2.05 bits per heavy atom. The van der Waals surface area contributed by atoms with Crippen LogP contribution in [0.2, 0.25) is 0 Å². The Balaban J connectivity index is 1.75. The summed E-state index contributed by atoms with van der Waals surface area (Å²) in [5.74, 6) is 0.228. The quantitative estimate of drug-likeness (QED) is 0.876. The Morgan fingerprint density at radius 3 is 2.79 bits per heavy atom. The molecule has 0 heterocycles. The minimum Gasteiger partial charge on any atom is -0.396 e. The van der Waals surface area contributed by atoms with Crippen molar-refractivity contribution >= 4 is 5.91 Å². The number of hydrogen-bond acceptors (Lipinski definition) is 2. The van der Waals surface area contributed by atoms with Gasteiger partial charge in [0.05, 0.1) is 5.56 Å². The Bertz CT molecular complexity index is 491. The lowest BCUT2D eigenvalue weighted by Crippen LogP contribution is -2.45. The molecular formula is C15H18FNO2. The van der Waals surface area contributed by atoms with E-state index in [0.29, 0.717) is 11.8 Å². The summed E-state index contributed by atoms with van der Waals surface area (Å²) in [7, 11) is 0. The average Bonchev–Trinajstić information content (AvgIpc) is 3.00. The molecule has 2 aliphatic carbocycles. The molecule has 19 heavy (non-hydrogen) atoms. The summed E-state index contributed by atoms with van der Waals surface area (Å²) in [5, 5.41) is 12.4. The van der Waals surface area contributed by atoms with Crippen LogP contribution in [-0.4, -0.2) is 23.7 Å². The summed E-state index contributed by atoms with van der Waals surface area (Å²) >= 11 is 0. The fourth-order valence-electron chi connectivity index (χ4n) is 3.77. The number of carbonyl (C=O) groups excluding carboxylic acids is 1. The number of amides is 1. The van der Waals surface area contributed by atoms with Crippen molar-refractivity contribution in [1.82, 2.24) is 5.32 Å². The molecule has 2 bridgehead atoms. The van der Waals surface area contributed by atoms with Gasteiger partial charge in [0, 0.05) is 18.6 Å². The van der Waals surface area contributed by atoms with Crippen LogP contribution in [0.4, 0.5) is 4.39 Å². The van der Waals surface area contributed by atoms with Gasteiger partial charge in [-0.05, 0) is 43.2 Å². The summed E-state index contributed by atoms with van der Waals surface area (Å²) in [5.41, 5.74) is 0.0852. The predicted molar refractivity (Wildman–Crippen MR) is 69.1 cm³/mol. The first kappa shape index (κ1) is 12.6. The molecule has 0 aliphatic heterocycles. The average molecular weight is 263 g/mol. The first-order valence-electron chi connectivity index (χ1n) is 6.87. The predicted octanol–water partition coefficient (Wildman–Crippen LogP) is 1.96. The standard InChI is InChI=1S/C15H18FNO2/c16-13-4-2-1-3-11(13)15(19)17-14-10-6-5-9(7-10)12(14)8-18/h1-4,9-10,12,14,18H,5-8H2,(H,17,19). The summed E-state index contributed by atoms with van der Waals surface area (Å²) in [6.07, 6.45) is 3.32. The summed E-state index contributed by atoms with van der Waals surface area (Å²) < 4.78 is 13.6. The van der Waals surface area contributed by atoms with Crippen LogP contribution in [-0.2, 0) is 0 Å². The van der Waals surface area contributed by atoms with Crippen LogP contribution in [0.25, 0.3) is 0 Å². The molecule has 0 saturated heterocycles. The van der Waals surface area contributed by atoms with Gasteiger partial charge in [-0.15, -0.1) is 0 Å². The number of nitrogens with one attached hydrogen (secondary N) is 1. The summed E-state index contributed by atoms with van der Waals surface area (Å²) in [6.45, 7) is 0.101. The summed E-state index contributed by atoms with van der Waals surface area (Å²) in [6, 6.07) is 6.00. The lowest BCUT2D eigenvalue weighted by Gasteiger charge is -2.30. The van der Waals surface area contributed by atoms with E-state index in [0.717, 1.165) is 19.3 Å². The Labute approximate surface area is 111 Å². The van der Waals surface area contributed by atoms with Crippen molar-refractivity contribution in [2.24, 2.45) is 17.8 Å². The minimum absolute atomic E-state index is 0.00384. The highest BCUT2D eigenvalue weighted by Crippen LogP contribution is 2.48. The topological polar surface area (TPSA) is 49.3 Å². The van der Waals surface area contributed by atoms with E-state index in [1.807, 2.05) is 0 Å². The van der Waals surface area contributed by atoms with E-state index in [1.54, 1.807) is 12.1 Å². The number of hydrogen-bond donors (Lipinski definition) is 2. The third-order valence-corrected chi connectivity index (χ3v) is 4.72. The van der Waals surface area contributed by atoms with Crippen LogP contribution >= 0.6 is 0 Å². The zero-order valence-corrected chi connectivity index (χ0v) is 10.7. The molecule has 4 unspecified atom stereocenters. The second-order valence-corrected chi connectivity index (χ2v) is 5.66. The van der Waals surface area contributed by atoms with E-state index in [9.17, 15) is 14.3 Å². The van der Waals surface area contributed by atoms with Gasteiger partial charge in [-0.1, -0.05) is 12.1 Å². The van der Waals surface area contributed by atoms with E-state index >= 15 is 0 Å². The van der Waals surface area contributed by atoms with E-state index in [-0.39, 0.29) is 30.0 Å². The van der Waals surface area contributed by atoms with Gasteiger partial charge >= 0.3 is 0 Å². The monoisotopic (exact) mass is 263 g/mol. The SMILES string of the molecule is O=C(NC1C2CCC(C2)C1CO)c1ccccc1F. The van der Waals surface area contributed by atoms with E-state index in [1.165, 1.54) is 12.1 Å². The third-order valence-electron chi connectivity index (χ3n) is 4.72. The van der Waals surface area contributed by atoms with Crippen molar-refractivity contribution in [3.63, 3.8) is 0 Å². The lowest BCUT2D eigenvalue weighted by atomic mass is 9.85. The van der Waals surface area contributed by atoms with Gasteiger partial charge < -0.3 is 10.4 Å². The molecule has 3 nitrogen and oxygen atoms in total. The molecule has 2 N–H and O–H groups in total. The van der Waals surface area contributed by atoms with Crippen molar-refractivity contribution in [2.45, 2.75) is 25.3 Å². The van der Waals surface area contributed by atoms with Gasteiger partial charge in [0.25, 0.3) is 5.91 Å². The van der Waals surface area contributed by atoms with Crippen LogP contribution in [0, 0.1) is 23.6 Å². The number of benzene rings is 1. The van der Waals surface area contributed by atoms with Gasteiger partial charge in [-0.2, -0.15) is 0 Å². The van der Waals surface area contributed by atoms with Gasteiger partial charge in [0.1, 0.15) is 5.82 Å². The lowest BCUT2D eigenvalue weighted by molar-refractivity contribution is 0.0857. The molecule has 1 aromatic carbocycles. The first-order valence-corrected chi connectivity index (χ1v) is 6.87. The van der Waals surface area contributed by atoms with Crippen molar-refractivity contribution in [1.29, 1.82) is 0 Å². The molecule has 4 atom stereocenters. The second-order valence-electron chi connectivity index (χ2n) is 5.66. The van der Waals surface area contributed by atoms with Crippen molar-refractivity contribution < 1.29 is 14.3 Å². The Hall–Kier alpha value is -1.42. The van der Waals surface area contributed by atoms with E-state index < -0.39 is 5.82 Å². The van der Waals surface area contributed by atoms with Crippen LogP contribution in [0.15, 0.2) is 24.3 Å². The fourth-order valence-corrected chi connectivity index (χ4v) is 3.77. The molecule has 1 aromatic rings. The number of aliphatic hydroxyl groups is 1. The zero-order valence-electron chi connectivity index (χ0n) is 10.7. The molecule has 102 valence electrons. The molecule has 0 aromatic heterocycles. The Morgan fingerprint density at radius 1 is 1.32 bits per heavy atom. The van der Waals surface area contributed by atoms with Crippen LogP contribution < -0.4 is 5.32 Å². The Kier molecular flexibility index (Phi) is 3.27. The van der Waals surface area contributed by atoms with E-state index in [4.69, 9.17) is 0 Å². The number of halogens is 1. The number of rotatable bonds is 3. The molecule has 0 spiro atoms. The molecule has 4 heteroatoms. The zero-order chi connectivity index (χ0) is 13.4. The van der Waals surface area contributed by atoms with Crippen LogP contribution in [0.3, 0.4) is 0 Å². The smallest absolute Gasteiger partial charge is 0.254 e. The molecule has 2 saturated carbocycles. The molecule has 2 aliphatic rings. The van der Waals surface area contributed by atoms with Gasteiger partial charge in [0.15, 0.2) is 0 Å². The van der Waals surface area contributed by atoms with Gasteiger partial charge in [-0.25, -0.2) is 4.39 Å². The number of aliphatic hydroxyl groups excluding tert-OH is 1. The molecule has 1 amide bonds. The highest BCUT2D eigenvalue weighted by atomic mass is 19.1. The van der Waals surface area contributed by atoms with Crippen molar-refractivity contribution in [3.05, 3.63) is 35.6 Å². The maximum Gasteiger partial charge on any atom is 0.254 e. The maximum absolute atomic E-state index is 13.6. The normalized spacial score (nSPS) is 32.5. The first-order chi connectivity index (χ1) is 9.20. The van der Waals surface area contributed by atoms with Crippen LogP contribution in [0.1, 0.15) is 29.6 Å². The number of fused-ring (bicyclic) bond motifs is 2. The van der Waals surface area contributed by atoms with E-state index in [2.05, 4.69) is 5.32 Å². The second kappa shape index (κ2) is 4.93. The maximum atomic E-state index is 13.6. The fraction of sp³-hybridized carbons (Fsp3) is 0.533. The highest BCUT2D eigenvalue weighted by Gasteiger charge is 2.47. The van der Waals surface area contributed by atoms with Gasteiger partial charge in [0.2, 0.25) is 0 Å².